The van der Waals surface area contributed by atoms with Crippen LogP contribution in [-0.2, 0) is 4.79 Å². The van der Waals surface area contributed by atoms with Crippen LogP contribution < -0.4 is 5.32 Å². The summed E-state index contributed by atoms with van der Waals surface area (Å²) in [5, 5.41) is 14.1. The van der Waals surface area contributed by atoms with E-state index in [0.717, 1.165) is 42.1 Å². The Balaban J connectivity index is 1.15. The van der Waals surface area contributed by atoms with Gasteiger partial charge in [-0.05, 0) is 84.8 Å². The summed E-state index contributed by atoms with van der Waals surface area (Å²) in [7, 11) is 0. The number of benzene rings is 3. The lowest BCUT2D eigenvalue weighted by atomic mass is 9.80. The van der Waals surface area contributed by atoms with E-state index in [1.165, 1.54) is 12.1 Å². The van der Waals surface area contributed by atoms with Crippen molar-refractivity contribution in [2.45, 2.75) is 38.0 Å². The van der Waals surface area contributed by atoms with Crippen LogP contribution in [0.1, 0.15) is 43.9 Å². The quantitative estimate of drug-likeness (QED) is 0.307. The molecular formula is C26H22Cl2FN3O2. The van der Waals surface area contributed by atoms with Crippen LogP contribution in [0, 0.1) is 11.7 Å². The minimum Gasteiger partial charge on any atom is -0.420 e. The number of amides is 1. The van der Waals surface area contributed by atoms with Crippen molar-refractivity contribution in [2.75, 3.05) is 5.32 Å². The van der Waals surface area contributed by atoms with Gasteiger partial charge in [0.25, 0.3) is 0 Å². The molecule has 0 radical (unpaired) electrons. The van der Waals surface area contributed by atoms with Gasteiger partial charge in [-0.25, -0.2) is 4.39 Å². The number of aromatic nitrogens is 2. The van der Waals surface area contributed by atoms with Gasteiger partial charge < -0.3 is 9.73 Å². The van der Waals surface area contributed by atoms with E-state index in [4.69, 9.17) is 27.6 Å². The standard InChI is InChI=1S/C26H22Cl2FN3O2/c27-20-8-5-18-13-21(9-6-17(18)12-20)30-24(33)11-15-1-3-16(4-2-15)25-31-32-26(34-25)19-7-10-22(28)23(29)14-19/h5-10,12-16H,1-4,11H2,(H,30,33). The lowest BCUT2D eigenvalue weighted by Crippen LogP contribution is -2.20. The van der Waals surface area contributed by atoms with Crippen molar-refractivity contribution in [2.24, 2.45) is 5.92 Å². The van der Waals surface area contributed by atoms with Gasteiger partial charge >= 0.3 is 0 Å². The zero-order chi connectivity index (χ0) is 23.7. The van der Waals surface area contributed by atoms with Crippen molar-refractivity contribution in [3.05, 3.63) is 76.4 Å². The third-order valence-electron chi connectivity index (χ3n) is 6.36. The van der Waals surface area contributed by atoms with E-state index in [1.807, 2.05) is 36.4 Å². The molecule has 1 saturated carbocycles. The van der Waals surface area contributed by atoms with E-state index in [0.29, 0.717) is 28.8 Å². The molecule has 5 rings (SSSR count). The van der Waals surface area contributed by atoms with Crippen LogP contribution in [0.3, 0.4) is 0 Å². The second-order valence-electron chi connectivity index (χ2n) is 8.75. The Hall–Kier alpha value is -2.96. The van der Waals surface area contributed by atoms with Crippen molar-refractivity contribution >= 4 is 45.6 Å². The molecule has 8 heteroatoms. The molecule has 0 spiro atoms. The van der Waals surface area contributed by atoms with E-state index >= 15 is 0 Å². The van der Waals surface area contributed by atoms with Crippen molar-refractivity contribution < 1.29 is 13.6 Å². The van der Waals surface area contributed by atoms with E-state index in [2.05, 4.69) is 15.5 Å². The summed E-state index contributed by atoms with van der Waals surface area (Å²) in [6.45, 7) is 0. The monoisotopic (exact) mass is 497 g/mol. The summed E-state index contributed by atoms with van der Waals surface area (Å²) in [6.07, 6.45) is 4.02. The number of halogens is 3. The molecule has 0 saturated heterocycles. The molecule has 1 fully saturated rings. The molecular weight excluding hydrogens is 476 g/mol. The maximum absolute atomic E-state index is 13.7. The number of anilines is 1. The maximum atomic E-state index is 13.7. The number of carbonyl (C=O) groups is 1. The summed E-state index contributed by atoms with van der Waals surface area (Å²) >= 11 is 11.8. The van der Waals surface area contributed by atoms with Gasteiger partial charge in [-0.15, -0.1) is 10.2 Å². The Morgan fingerprint density at radius 3 is 2.53 bits per heavy atom. The van der Waals surface area contributed by atoms with Gasteiger partial charge in [0.1, 0.15) is 5.82 Å². The average molecular weight is 498 g/mol. The number of hydrogen-bond donors (Lipinski definition) is 1. The van der Waals surface area contributed by atoms with Crippen LogP contribution in [0.25, 0.3) is 22.2 Å². The van der Waals surface area contributed by atoms with Gasteiger partial charge in [0.05, 0.1) is 5.02 Å². The molecule has 1 aromatic heterocycles. The smallest absolute Gasteiger partial charge is 0.247 e. The predicted molar refractivity (Wildman–Crippen MR) is 132 cm³/mol. The molecule has 3 aromatic carbocycles. The largest absolute Gasteiger partial charge is 0.420 e. The highest BCUT2D eigenvalue weighted by Gasteiger charge is 2.28. The number of nitrogens with one attached hydrogen (secondary N) is 1. The SMILES string of the molecule is O=C(CC1CCC(c2nnc(-c3ccc(Cl)c(F)c3)o2)CC1)Nc1ccc2cc(Cl)ccc2c1. The Labute approximate surface area is 206 Å². The molecule has 5 nitrogen and oxygen atoms in total. The number of carbonyl (C=O) groups excluding carboxylic acids is 1. The summed E-state index contributed by atoms with van der Waals surface area (Å²) in [4.78, 5) is 12.6. The number of nitrogens with zero attached hydrogens (tertiary/aromatic N) is 2. The Morgan fingerprint density at radius 2 is 1.74 bits per heavy atom. The topological polar surface area (TPSA) is 68.0 Å². The molecule has 0 atom stereocenters. The highest BCUT2D eigenvalue weighted by atomic mass is 35.5. The fraction of sp³-hybridized carbons (Fsp3) is 0.269. The molecule has 34 heavy (non-hydrogen) atoms. The third kappa shape index (κ3) is 5.08. The molecule has 4 aromatic rings. The Kier molecular flexibility index (Phi) is 6.53. The first-order valence-electron chi connectivity index (χ1n) is 11.2. The van der Waals surface area contributed by atoms with Gasteiger partial charge in [0, 0.05) is 28.6 Å². The number of fused-ring (bicyclic) bond motifs is 1. The minimum atomic E-state index is -0.522. The second-order valence-corrected chi connectivity index (χ2v) is 9.59. The molecule has 1 heterocycles. The van der Waals surface area contributed by atoms with E-state index in [-0.39, 0.29) is 22.7 Å². The molecule has 1 N–H and O–H groups in total. The molecule has 0 unspecified atom stereocenters. The van der Waals surface area contributed by atoms with Gasteiger partial charge in [0.2, 0.25) is 17.7 Å². The van der Waals surface area contributed by atoms with Gasteiger partial charge in [-0.1, -0.05) is 35.3 Å². The predicted octanol–water partition coefficient (Wildman–Crippen LogP) is 7.64. The molecule has 0 bridgehead atoms. The van der Waals surface area contributed by atoms with Crippen LogP contribution in [0.4, 0.5) is 10.1 Å². The Bertz CT molecular complexity index is 1350. The van der Waals surface area contributed by atoms with Gasteiger partial charge in [0.15, 0.2) is 0 Å². The molecule has 0 aliphatic heterocycles. The van der Waals surface area contributed by atoms with Crippen molar-refractivity contribution in [3.8, 4) is 11.5 Å². The lowest BCUT2D eigenvalue weighted by Gasteiger charge is -2.26. The van der Waals surface area contributed by atoms with Crippen molar-refractivity contribution in [1.82, 2.24) is 10.2 Å². The van der Waals surface area contributed by atoms with Crippen LogP contribution in [0.15, 0.2) is 59.0 Å². The van der Waals surface area contributed by atoms with Crippen LogP contribution in [0.5, 0.6) is 0 Å². The second kappa shape index (κ2) is 9.72. The van der Waals surface area contributed by atoms with Gasteiger partial charge in [-0.3, -0.25) is 4.79 Å². The van der Waals surface area contributed by atoms with Crippen LogP contribution in [-0.4, -0.2) is 16.1 Å². The number of rotatable bonds is 5. The fourth-order valence-electron chi connectivity index (χ4n) is 4.53. The molecule has 174 valence electrons. The summed E-state index contributed by atoms with van der Waals surface area (Å²) in [5.74, 6) is 0.787. The molecule has 1 aliphatic rings. The van der Waals surface area contributed by atoms with Crippen LogP contribution in [0.2, 0.25) is 10.0 Å². The van der Waals surface area contributed by atoms with E-state index in [9.17, 15) is 9.18 Å². The van der Waals surface area contributed by atoms with E-state index < -0.39 is 5.82 Å². The van der Waals surface area contributed by atoms with Crippen molar-refractivity contribution in [1.29, 1.82) is 0 Å². The summed E-state index contributed by atoms with van der Waals surface area (Å²) < 4.78 is 19.6. The fourth-order valence-corrected chi connectivity index (χ4v) is 4.83. The van der Waals surface area contributed by atoms with Crippen LogP contribution >= 0.6 is 23.2 Å². The molecule has 1 aliphatic carbocycles. The Morgan fingerprint density at radius 1 is 0.971 bits per heavy atom. The summed E-state index contributed by atoms with van der Waals surface area (Å²) in [6, 6.07) is 15.9. The molecule has 1 amide bonds. The summed E-state index contributed by atoms with van der Waals surface area (Å²) in [5.41, 5.74) is 1.29. The first kappa shape index (κ1) is 22.8. The highest BCUT2D eigenvalue weighted by molar-refractivity contribution is 6.31. The third-order valence-corrected chi connectivity index (χ3v) is 6.90. The first-order chi connectivity index (χ1) is 16.4. The normalized spacial score (nSPS) is 18.2. The minimum absolute atomic E-state index is 0.0154. The maximum Gasteiger partial charge on any atom is 0.247 e. The highest BCUT2D eigenvalue weighted by Crippen LogP contribution is 2.37. The zero-order valence-corrected chi connectivity index (χ0v) is 19.7. The lowest BCUT2D eigenvalue weighted by molar-refractivity contribution is -0.117. The average Bonchev–Trinajstić information content (AvgIpc) is 3.32. The first-order valence-corrected chi connectivity index (χ1v) is 12.0. The van der Waals surface area contributed by atoms with E-state index in [1.54, 1.807) is 6.07 Å². The van der Waals surface area contributed by atoms with Crippen molar-refractivity contribution in [3.63, 3.8) is 0 Å². The number of hydrogen-bond acceptors (Lipinski definition) is 4. The zero-order valence-electron chi connectivity index (χ0n) is 18.2. The van der Waals surface area contributed by atoms with Gasteiger partial charge in [-0.2, -0.15) is 0 Å².